The molecule has 0 aliphatic carbocycles. The third-order valence-electron chi connectivity index (χ3n) is 3.99. The first-order chi connectivity index (χ1) is 10.0. The molecule has 1 saturated heterocycles. The number of rotatable bonds is 5. The second-order valence-electron chi connectivity index (χ2n) is 5.78. The summed E-state index contributed by atoms with van der Waals surface area (Å²) >= 11 is 0. The van der Waals surface area contributed by atoms with Gasteiger partial charge in [-0.2, -0.15) is 0 Å². The van der Waals surface area contributed by atoms with Gasteiger partial charge in [0.05, 0.1) is 6.61 Å². The van der Waals surface area contributed by atoms with Crippen LogP contribution in [0.2, 0.25) is 0 Å². The highest BCUT2D eigenvalue weighted by atomic mass is 16.5. The van der Waals surface area contributed by atoms with E-state index in [2.05, 4.69) is 6.92 Å². The normalized spacial score (nSPS) is 18.2. The van der Waals surface area contributed by atoms with Crippen LogP contribution in [0.15, 0.2) is 17.1 Å². The molecule has 1 amide bonds. The first-order valence-corrected chi connectivity index (χ1v) is 7.57. The van der Waals surface area contributed by atoms with Crippen LogP contribution >= 0.6 is 0 Å². The molecule has 0 spiro atoms. The van der Waals surface area contributed by atoms with E-state index in [9.17, 15) is 9.59 Å². The molecule has 1 fully saturated rings. The van der Waals surface area contributed by atoms with Gasteiger partial charge in [0.1, 0.15) is 5.56 Å². The Labute approximate surface area is 125 Å². The lowest BCUT2D eigenvalue weighted by Crippen LogP contribution is -2.33. The molecule has 2 heterocycles. The van der Waals surface area contributed by atoms with E-state index in [0.717, 1.165) is 25.1 Å². The zero-order valence-electron chi connectivity index (χ0n) is 13.1. The van der Waals surface area contributed by atoms with E-state index in [0.29, 0.717) is 25.6 Å². The molecule has 1 aromatic rings. The fraction of sp³-hybridized carbons (Fsp3) is 0.625. The third kappa shape index (κ3) is 3.73. The fourth-order valence-electron chi connectivity index (χ4n) is 2.61. The summed E-state index contributed by atoms with van der Waals surface area (Å²) in [7, 11) is 1.84. The lowest BCUT2D eigenvalue weighted by Gasteiger charge is -2.17. The van der Waals surface area contributed by atoms with E-state index in [1.807, 2.05) is 18.5 Å². The fourth-order valence-corrected chi connectivity index (χ4v) is 2.61. The number of carbonyl (C=O) groups is 1. The predicted molar refractivity (Wildman–Crippen MR) is 81.5 cm³/mol. The van der Waals surface area contributed by atoms with E-state index < -0.39 is 0 Å². The molecule has 0 saturated carbocycles. The van der Waals surface area contributed by atoms with Gasteiger partial charge in [0, 0.05) is 50.6 Å². The molecule has 0 unspecified atom stereocenters. The van der Waals surface area contributed by atoms with Crippen LogP contribution in [-0.2, 0) is 11.8 Å². The SMILES string of the molecule is CCCOC[C@@H]1CCN(C(=O)c2cn(C)c(C)cc2=O)C1. The zero-order valence-corrected chi connectivity index (χ0v) is 13.1. The van der Waals surface area contributed by atoms with E-state index in [-0.39, 0.29) is 16.9 Å². The Bertz CT molecular complexity index is 565. The smallest absolute Gasteiger partial charge is 0.259 e. The van der Waals surface area contributed by atoms with Crippen molar-refractivity contribution in [3.8, 4) is 0 Å². The van der Waals surface area contributed by atoms with Crippen LogP contribution in [0.3, 0.4) is 0 Å². The summed E-state index contributed by atoms with van der Waals surface area (Å²) in [5.41, 5.74) is 0.920. The van der Waals surface area contributed by atoms with Crippen molar-refractivity contribution in [2.45, 2.75) is 26.7 Å². The van der Waals surface area contributed by atoms with Gasteiger partial charge in [-0.3, -0.25) is 9.59 Å². The minimum absolute atomic E-state index is 0.159. The highest BCUT2D eigenvalue weighted by Crippen LogP contribution is 2.18. The first-order valence-electron chi connectivity index (χ1n) is 7.57. The summed E-state index contributed by atoms with van der Waals surface area (Å²) in [5, 5.41) is 0. The summed E-state index contributed by atoms with van der Waals surface area (Å²) in [6.45, 7) is 6.78. The van der Waals surface area contributed by atoms with Gasteiger partial charge >= 0.3 is 0 Å². The number of hydrogen-bond acceptors (Lipinski definition) is 3. The van der Waals surface area contributed by atoms with E-state index in [1.54, 1.807) is 11.1 Å². The quantitative estimate of drug-likeness (QED) is 0.774. The van der Waals surface area contributed by atoms with Crippen molar-refractivity contribution in [2.75, 3.05) is 26.3 Å². The number of pyridine rings is 1. The highest BCUT2D eigenvalue weighted by molar-refractivity contribution is 5.94. The molecule has 1 aliphatic heterocycles. The topological polar surface area (TPSA) is 51.5 Å². The molecule has 21 heavy (non-hydrogen) atoms. The standard InChI is InChI=1S/C16H24N2O3/c1-4-7-21-11-13-5-6-18(9-13)16(20)14-10-17(3)12(2)8-15(14)19/h8,10,13H,4-7,9,11H2,1-3H3/t13-/m1/s1. The van der Waals surface area contributed by atoms with E-state index in [1.165, 1.54) is 6.07 Å². The van der Waals surface area contributed by atoms with Crippen molar-refractivity contribution in [3.63, 3.8) is 0 Å². The van der Waals surface area contributed by atoms with Gasteiger partial charge in [0.25, 0.3) is 5.91 Å². The van der Waals surface area contributed by atoms with Crippen LogP contribution in [0.25, 0.3) is 0 Å². The summed E-state index contributed by atoms with van der Waals surface area (Å²) in [6.07, 6.45) is 3.59. The Kier molecular flexibility index (Phi) is 5.17. The molecule has 1 aliphatic rings. The maximum absolute atomic E-state index is 12.5. The Hall–Kier alpha value is -1.62. The lowest BCUT2D eigenvalue weighted by molar-refractivity contribution is 0.0752. The van der Waals surface area contributed by atoms with Gasteiger partial charge in [-0.1, -0.05) is 6.92 Å². The molecule has 0 N–H and O–H groups in total. The molecular weight excluding hydrogens is 268 g/mol. The van der Waals surface area contributed by atoms with Gasteiger partial charge in [0.15, 0.2) is 5.43 Å². The minimum atomic E-state index is -0.193. The molecule has 0 radical (unpaired) electrons. The summed E-state index contributed by atoms with van der Waals surface area (Å²) < 4.78 is 7.37. The maximum Gasteiger partial charge on any atom is 0.259 e. The van der Waals surface area contributed by atoms with E-state index >= 15 is 0 Å². The van der Waals surface area contributed by atoms with Crippen LogP contribution < -0.4 is 5.43 Å². The Morgan fingerprint density at radius 2 is 2.24 bits per heavy atom. The average molecular weight is 292 g/mol. The molecule has 0 bridgehead atoms. The van der Waals surface area contributed by atoms with Crippen molar-refractivity contribution in [1.29, 1.82) is 0 Å². The Morgan fingerprint density at radius 3 is 2.95 bits per heavy atom. The number of hydrogen-bond donors (Lipinski definition) is 0. The summed E-state index contributed by atoms with van der Waals surface area (Å²) in [6, 6.07) is 1.52. The minimum Gasteiger partial charge on any atom is -0.381 e. The van der Waals surface area contributed by atoms with Crippen molar-refractivity contribution in [2.24, 2.45) is 13.0 Å². The molecule has 1 atom stereocenters. The van der Waals surface area contributed by atoms with Gasteiger partial charge < -0.3 is 14.2 Å². The Morgan fingerprint density at radius 1 is 1.48 bits per heavy atom. The molecule has 5 nitrogen and oxygen atoms in total. The highest BCUT2D eigenvalue weighted by Gasteiger charge is 2.28. The monoisotopic (exact) mass is 292 g/mol. The number of ether oxygens (including phenoxy) is 1. The van der Waals surface area contributed by atoms with Crippen LogP contribution in [0, 0.1) is 12.8 Å². The van der Waals surface area contributed by atoms with Crippen molar-refractivity contribution >= 4 is 5.91 Å². The van der Waals surface area contributed by atoms with Crippen LogP contribution in [0.5, 0.6) is 0 Å². The maximum atomic E-state index is 12.5. The number of likely N-dealkylation sites (tertiary alicyclic amines) is 1. The number of aryl methyl sites for hydroxylation is 2. The third-order valence-corrected chi connectivity index (χ3v) is 3.99. The Balaban J connectivity index is 2.02. The first kappa shape index (κ1) is 15.8. The van der Waals surface area contributed by atoms with Crippen molar-refractivity contribution < 1.29 is 9.53 Å². The van der Waals surface area contributed by atoms with Gasteiger partial charge in [-0.15, -0.1) is 0 Å². The van der Waals surface area contributed by atoms with Gasteiger partial charge in [-0.05, 0) is 19.8 Å². The second-order valence-corrected chi connectivity index (χ2v) is 5.78. The summed E-state index contributed by atoms with van der Waals surface area (Å²) in [5.74, 6) is 0.225. The largest absolute Gasteiger partial charge is 0.381 e. The summed E-state index contributed by atoms with van der Waals surface area (Å²) in [4.78, 5) is 26.2. The average Bonchev–Trinajstić information content (AvgIpc) is 2.91. The zero-order chi connectivity index (χ0) is 15.4. The number of carbonyl (C=O) groups excluding carboxylic acids is 1. The molecule has 5 heteroatoms. The number of aromatic nitrogens is 1. The van der Waals surface area contributed by atoms with Gasteiger partial charge in [-0.25, -0.2) is 0 Å². The molecule has 116 valence electrons. The molecule has 0 aromatic carbocycles. The molecule has 1 aromatic heterocycles. The van der Waals surface area contributed by atoms with Crippen molar-refractivity contribution in [3.05, 3.63) is 33.7 Å². The van der Waals surface area contributed by atoms with Gasteiger partial charge in [0.2, 0.25) is 0 Å². The molecule has 2 rings (SSSR count). The van der Waals surface area contributed by atoms with Crippen molar-refractivity contribution in [1.82, 2.24) is 9.47 Å². The van der Waals surface area contributed by atoms with Crippen LogP contribution in [0.4, 0.5) is 0 Å². The predicted octanol–water partition coefficient (Wildman–Crippen LogP) is 1.58. The second kappa shape index (κ2) is 6.89. The van der Waals surface area contributed by atoms with Crippen LogP contribution in [-0.4, -0.2) is 41.7 Å². The lowest BCUT2D eigenvalue weighted by atomic mass is 10.1. The molecular formula is C16H24N2O3. The number of nitrogens with zero attached hydrogens (tertiary/aromatic N) is 2. The number of amides is 1. The van der Waals surface area contributed by atoms with Crippen LogP contribution in [0.1, 0.15) is 35.8 Å². The van der Waals surface area contributed by atoms with E-state index in [4.69, 9.17) is 4.74 Å².